The first-order chi connectivity index (χ1) is 40.2. The lowest BCUT2D eigenvalue weighted by Gasteiger charge is -2.72. The number of hydrogen-bond acceptors (Lipinski definition) is 26. The maximum atomic E-state index is 13.4. The Bertz CT molecular complexity index is 2510. The molecule has 0 amide bonds. The fourth-order valence-corrected chi connectivity index (χ4v) is 17.0. The molecular weight excluding hydrogens is 1140 g/mol. The second-order valence-corrected chi connectivity index (χ2v) is 27.5. The van der Waals surface area contributed by atoms with Crippen LogP contribution < -0.4 is 0 Å². The van der Waals surface area contributed by atoms with Gasteiger partial charge in [-0.3, -0.25) is 4.79 Å². The summed E-state index contributed by atoms with van der Waals surface area (Å²) in [5.41, 5.74) is -4.00. The minimum Gasteiger partial charge on any atom is -0.479 e. The highest BCUT2D eigenvalue weighted by Crippen LogP contribution is 2.76. The van der Waals surface area contributed by atoms with Crippen LogP contribution in [0, 0.1) is 50.2 Å². The average molecular weight is 1230 g/mol. The summed E-state index contributed by atoms with van der Waals surface area (Å²) in [5, 5.41) is 157. The van der Waals surface area contributed by atoms with Crippen molar-refractivity contribution >= 4 is 17.9 Å². The van der Waals surface area contributed by atoms with Crippen molar-refractivity contribution in [1.29, 1.82) is 0 Å². The van der Waals surface area contributed by atoms with E-state index >= 15 is 0 Å². The topological polar surface area (TPSA) is 427 Å². The van der Waals surface area contributed by atoms with Crippen LogP contribution in [0.3, 0.4) is 0 Å². The number of carbonyl (C=O) groups excluding carboxylic acids is 2. The molecule has 9 rings (SSSR count). The van der Waals surface area contributed by atoms with Gasteiger partial charge in [-0.25, -0.2) is 9.59 Å². The zero-order valence-corrected chi connectivity index (χ0v) is 50.1. The molecule has 490 valence electrons. The molecular formula is C59H92O27. The first-order valence-corrected chi connectivity index (χ1v) is 30.0. The van der Waals surface area contributed by atoms with E-state index in [1.807, 2.05) is 20.8 Å². The molecule has 27 nitrogen and oxygen atoms in total. The molecule has 30 atom stereocenters. The van der Waals surface area contributed by atoms with Crippen LogP contribution in [0.15, 0.2) is 23.3 Å². The Morgan fingerprint density at radius 1 is 0.674 bits per heavy atom. The maximum absolute atomic E-state index is 13.4. The van der Waals surface area contributed by atoms with Crippen molar-refractivity contribution in [3.8, 4) is 0 Å². The predicted octanol–water partition coefficient (Wildman–Crippen LogP) is -2.22. The SMILES string of the molecule is C/C=C(/C)C(=O)O[C@H]1[C@H](O)[C@@]2(COC(C)=O)C(CC1(C)C)C1=CCC3[C@@]4(C)CC[C@H](O[C@@H]5O[C@H](C(=O)O)[C@@H](O)[C@H](O[C@@H]6OC[C@H](O)[C@H](O)[C@H]6O[C@@H]6OC[C@@H](O)[C@H](O)[C@H]6O)[C@H]5O[C@@H]5O[C@H](CO)[C@H](O)[C@H](O)[C@H]5O)[C@@](C)(CO)C4CC[C@@]3(C)[C@]1(C)C[C@H]2O. The number of carboxylic acids is 1. The second kappa shape index (κ2) is 24.9. The number of rotatable bonds is 15. The number of fused-ring (bicyclic) bond motifs is 7. The summed E-state index contributed by atoms with van der Waals surface area (Å²) < 4.78 is 60.2. The van der Waals surface area contributed by atoms with Gasteiger partial charge in [0.2, 0.25) is 0 Å². The number of carboxylic acid groups (broad SMARTS) is 1. The third-order valence-electron chi connectivity index (χ3n) is 22.4. The minimum absolute atomic E-state index is 0.118. The van der Waals surface area contributed by atoms with E-state index in [1.54, 1.807) is 19.9 Å². The van der Waals surface area contributed by atoms with Crippen molar-refractivity contribution in [3.63, 3.8) is 0 Å². The summed E-state index contributed by atoms with van der Waals surface area (Å²) in [5.74, 6) is -3.96. The van der Waals surface area contributed by atoms with Crippen LogP contribution in [0.1, 0.15) is 107 Å². The van der Waals surface area contributed by atoms with E-state index in [0.29, 0.717) is 37.7 Å². The van der Waals surface area contributed by atoms with Crippen molar-refractivity contribution in [1.82, 2.24) is 0 Å². The van der Waals surface area contributed by atoms with Gasteiger partial charge in [0.05, 0.1) is 44.1 Å². The number of esters is 2. The highest BCUT2D eigenvalue weighted by molar-refractivity contribution is 5.87. The monoisotopic (exact) mass is 1230 g/mol. The highest BCUT2D eigenvalue weighted by Gasteiger charge is 2.74. The number of aliphatic hydroxyl groups is 13. The summed E-state index contributed by atoms with van der Waals surface area (Å²) in [7, 11) is 0. The van der Waals surface area contributed by atoms with E-state index in [9.17, 15) is 85.9 Å². The van der Waals surface area contributed by atoms with Crippen molar-refractivity contribution in [2.45, 2.75) is 242 Å². The van der Waals surface area contributed by atoms with Crippen LogP contribution >= 0.6 is 0 Å². The highest BCUT2D eigenvalue weighted by atomic mass is 16.8. The first-order valence-electron chi connectivity index (χ1n) is 30.0. The molecule has 86 heavy (non-hydrogen) atoms. The Morgan fingerprint density at radius 3 is 1.93 bits per heavy atom. The van der Waals surface area contributed by atoms with Crippen LogP contribution in [-0.2, 0) is 61.8 Å². The van der Waals surface area contributed by atoms with Gasteiger partial charge in [-0.15, -0.1) is 0 Å². The van der Waals surface area contributed by atoms with Crippen molar-refractivity contribution in [2.24, 2.45) is 50.2 Å². The first kappa shape index (κ1) is 67.4. The molecule has 4 aliphatic heterocycles. The van der Waals surface area contributed by atoms with E-state index in [2.05, 4.69) is 26.8 Å². The number of aliphatic hydroxyl groups excluding tert-OH is 13. The molecule has 4 saturated heterocycles. The van der Waals surface area contributed by atoms with Gasteiger partial charge in [0.15, 0.2) is 31.3 Å². The molecule has 14 N–H and O–H groups in total. The zero-order chi connectivity index (χ0) is 63.3. The standard InChI is InChI=1S/C59H92O27/c1-10-24(2)49(76)86-47-46(73)59(23-79-25(3)62)27(17-54(47,4)5)26-11-12-32-55(6)15-14-34(56(7,22-61)31(55)13-16-57(32,8)58(26,9)18-33(59)65)81-53-45(85-51-40(71)38(69)37(68)30(19-60)80-51)42(41(72)43(83-53)48(74)75)82-52-44(36(67)29(64)21-78-52)84-50-39(70)35(66)28(63)20-77-50/h10-11,27-47,50-53,60-61,63-73H,12-23H2,1-9H3,(H,74,75)/b24-10-/t27?,28-,29+,30-,31?,32?,33-,34+,35+,36+,37+,38+,39-,40-,41+,42+,43+,44-,45-,46+,47+,50+,51+,52+,53-,55+,56+,57-,58-,59+/m1/s1. The zero-order valence-electron chi connectivity index (χ0n) is 50.1. The lowest BCUT2D eigenvalue weighted by molar-refractivity contribution is -0.400. The van der Waals surface area contributed by atoms with Gasteiger partial charge in [-0.05, 0) is 92.8 Å². The molecule has 0 bridgehead atoms. The fourth-order valence-electron chi connectivity index (χ4n) is 17.0. The van der Waals surface area contributed by atoms with Gasteiger partial charge < -0.3 is 119 Å². The van der Waals surface area contributed by atoms with E-state index < -0.39 is 218 Å². The number of carbonyl (C=O) groups is 3. The predicted molar refractivity (Wildman–Crippen MR) is 290 cm³/mol. The Balaban J connectivity index is 1.05. The van der Waals surface area contributed by atoms with Crippen molar-refractivity contribution < 1.29 is 133 Å². The van der Waals surface area contributed by atoms with E-state index in [0.717, 1.165) is 5.57 Å². The molecule has 8 fully saturated rings. The molecule has 0 aromatic carbocycles. The molecule has 4 heterocycles. The molecule has 5 aliphatic carbocycles. The van der Waals surface area contributed by atoms with Gasteiger partial charge in [-0.1, -0.05) is 59.3 Å². The number of ether oxygens (including phenoxy) is 10. The van der Waals surface area contributed by atoms with Gasteiger partial charge in [-0.2, -0.15) is 0 Å². The molecule has 9 aliphatic rings. The smallest absolute Gasteiger partial charge is 0.335 e. The summed E-state index contributed by atoms with van der Waals surface area (Å²) in [6.45, 7) is 13.9. The molecule has 4 saturated carbocycles. The normalized spacial score (nSPS) is 51.2. The second-order valence-electron chi connectivity index (χ2n) is 27.5. The Kier molecular flexibility index (Phi) is 19.5. The largest absolute Gasteiger partial charge is 0.479 e. The van der Waals surface area contributed by atoms with Gasteiger partial charge >= 0.3 is 17.9 Å². The summed E-state index contributed by atoms with van der Waals surface area (Å²) in [4.78, 5) is 39.1. The quantitative estimate of drug-likeness (QED) is 0.0357. The third kappa shape index (κ3) is 11.1. The number of aliphatic carboxylic acids is 1. The lowest BCUT2D eigenvalue weighted by atomic mass is 9.33. The summed E-state index contributed by atoms with van der Waals surface area (Å²) in [6, 6.07) is 0. The van der Waals surface area contributed by atoms with Crippen LogP contribution in [0.4, 0.5) is 0 Å². The minimum atomic E-state index is -2.26. The average Bonchev–Trinajstić information content (AvgIpc) is 0.672. The maximum Gasteiger partial charge on any atom is 0.335 e. The summed E-state index contributed by atoms with van der Waals surface area (Å²) >= 11 is 0. The molecule has 27 heteroatoms. The molecule has 0 radical (unpaired) electrons. The van der Waals surface area contributed by atoms with Gasteiger partial charge in [0, 0.05) is 23.3 Å². The van der Waals surface area contributed by atoms with Crippen LogP contribution in [0.25, 0.3) is 0 Å². The van der Waals surface area contributed by atoms with E-state index in [-0.39, 0.29) is 31.3 Å². The Labute approximate surface area is 498 Å². The number of allylic oxidation sites excluding steroid dienone is 3. The van der Waals surface area contributed by atoms with Crippen molar-refractivity contribution in [3.05, 3.63) is 23.3 Å². The fraction of sp³-hybridized carbons (Fsp3) is 0.881. The Morgan fingerprint density at radius 2 is 1.30 bits per heavy atom. The van der Waals surface area contributed by atoms with Crippen molar-refractivity contribution in [2.75, 3.05) is 33.0 Å². The van der Waals surface area contributed by atoms with Gasteiger partial charge in [0.25, 0.3) is 0 Å². The van der Waals surface area contributed by atoms with Crippen LogP contribution in [0.2, 0.25) is 0 Å². The van der Waals surface area contributed by atoms with Gasteiger partial charge in [0.1, 0.15) is 98.2 Å². The third-order valence-corrected chi connectivity index (χ3v) is 22.4. The van der Waals surface area contributed by atoms with Crippen LogP contribution in [-0.4, -0.2) is 257 Å². The van der Waals surface area contributed by atoms with E-state index in [4.69, 9.17) is 47.4 Å². The lowest BCUT2D eigenvalue weighted by Crippen LogP contribution is -2.72. The summed E-state index contributed by atoms with van der Waals surface area (Å²) in [6.07, 6.45) is -32.7. The van der Waals surface area contributed by atoms with E-state index in [1.165, 1.54) is 6.92 Å². The molecule has 0 spiro atoms. The Hall–Kier alpha value is -2.95. The number of hydrogen-bond donors (Lipinski definition) is 14. The molecule has 0 aromatic rings. The van der Waals surface area contributed by atoms with Crippen LogP contribution in [0.5, 0.6) is 0 Å². The molecule has 3 unspecified atom stereocenters. The molecule has 0 aromatic heterocycles.